The Morgan fingerprint density at radius 3 is 2.90 bits per heavy atom. The van der Waals surface area contributed by atoms with Crippen LogP contribution in [0.5, 0.6) is 0 Å². The lowest BCUT2D eigenvalue weighted by atomic mass is 10.3. The van der Waals surface area contributed by atoms with Gasteiger partial charge in [-0.25, -0.2) is 0 Å². The second-order valence-corrected chi connectivity index (χ2v) is 1.62. The molecular formula is C6H6N2O2. The first kappa shape index (κ1) is 6.54. The van der Waals surface area contributed by atoms with Crippen LogP contribution in [0.3, 0.4) is 0 Å². The molecule has 0 aliphatic heterocycles. The molecule has 0 aromatic carbocycles. The maximum Gasteiger partial charge on any atom is 0.177 e. The number of aliphatic hydroxyl groups is 2. The molecule has 0 saturated carbocycles. The van der Waals surface area contributed by atoms with Crippen molar-refractivity contribution < 1.29 is 10.2 Å². The lowest BCUT2D eigenvalue weighted by Crippen LogP contribution is -1.89. The molecule has 0 fully saturated rings. The van der Waals surface area contributed by atoms with Gasteiger partial charge in [0.1, 0.15) is 12.0 Å². The minimum Gasteiger partial charge on any atom is -0.512 e. The van der Waals surface area contributed by atoms with Crippen LogP contribution in [0, 0.1) is 0 Å². The number of hydrogen-bond donors (Lipinski definition) is 2. The molecule has 1 rings (SSSR count). The normalized spacial score (nSPS) is 11.4. The van der Waals surface area contributed by atoms with Crippen molar-refractivity contribution in [2.24, 2.45) is 0 Å². The monoisotopic (exact) mass is 138 g/mol. The van der Waals surface area contributed by atoms with E-state index in [-0.39, 0.29) is 11.5 Å². The van der Waals surface area contributed by atoms with Crippen molar-refractivity contribution in [3.8, 4) is 0 Å². The maximum absolute atomic E-state index is 8.84. The smallest absolute Gasteiger partial charge is 0.177 e. The summed E-state index contributed by atoms with van der Waals surface area (Å²) < 4.78 is 0. The van der Waals surface area contributed by atoms with E-state index in [2.05, 4.69) is 10.2 Å². The van der Waals surface area contributed by atoms with Gasteiger partial charge in [-0.2, -0.15) is 5.10 Å². The van der Waals surface area contributed by atoms with E-state index in [0.29, 0.717) is 6.26 Å². The fourth-order valence-electron chi connectivity index (χ4n) is 0.504. The quantitative estimate of drug-likeness (QED) is 0.565. The van der Waals surface area contributed by atoms with Crippen LogP contribution in [0.4, 0.5) is 0 Å². The standard InChI is InChI=1S/C6H6N2O2/c9-4-6(10)5-2-1-3-7-8-5/h1-4,9-10H. The first-order valence-electron chi connectivity index (χ1n) is 2.66. The maximum atomic E-state index is 8.84. The summed E-state index contributed by atoms with van der Waals surface area (Å²) in [4.78, 5) is 0. The number of aromatic nitrogens is 2. The molecule has 2 N–H and O–H groups in total. The largest absolute Gasteiger partial charge is 0.512 e. The van der Waals surface area contributed by atoms with E-state index in [4.69, 9.17) is 10.2 Å². The van der Waals surface area contributed by atoms with Crippen LogP contribution < -0.4 is 0 Å². The lowest BCUT2D eigenvalue weighted by molar-refractivity contribution is 0.429. The third-order valence-corrected chi connectivity index (χ3v) is 0.957. The molecular weight excluding hydrogens is 132 g/mol. The van der Waals surface area contributed by atoms with E-state index < -0.39 is 0 Å². The van der Waals surface area contributed by atoms with Crippen molar-refractivity contribution >= 4 is 5.76 Å². The van der Waals surface area contributed by atoms with E-state index >= 15 is 0 Å². The zero-order valence-electron chi connectivity index (χ0n) is 5.10. The Kier molecular flexibility index (Phi) is 1.84. The summed E-state index contributed by atoms with van der Waals surface area (Å²) in [6.07, 6.45) is 2.05. The zero-order chi connectivity index (χ0) is 7.40. The second kappa shape index (κ2) is 2.82. The van der Waals surface area contributed by atoms with Gasteiger partial charge in [0, 0.05) is 6.20 Å². The van der Waals surface area contributed by atoms with Crippen molar-refractivity contribution in [3.63, 3.8) is 0 Å². The Hall–Kier alpha value is -1.58. The summed E-state index contributed by atoms with van der Waals surface area (Å²) in [6, 6.07) is 3.15. The average Bonchev–Trinajstić information content (AvgIpc) is 2.05. The molecule has 0 atom stereocenters. The Morgan fingerprint density at radius 1 is 1.60 bits per heavy atom. The average molecular weight is 138 g/mol. The third-order valence-electron chi connectivity index (χ3n) is 0.957. The molecule has 1 aromatic heterocycles. The molecule has 4 heteroatoms. The fourth-order valence-corrected chi connectivity index (χ4v) is 0.504. The number of aliphatic hydroxyl groups excluding tert-OH is 2. The van der Waals surface area contributed by atoms with Crippen LogP contribution in [-0.4, -0.2) is 20.4 Å². The van der Waals surface area contributed by atoms with Gasteiger partial charge in [-0.15, -0.1) is 5.10 Å². The van der Waals surface area contributed by atoms with Gasteiger partial charge in [0.2, 0.25) is 0 Å². The molecule has 52 valence electrons. The second-order valence-electron chi connectivity index (χ2n) is 1.62. The summed E-state index contributed by atoms with van der Waals surface area (Å²) in [5.74, 6) is -0.284. The molecule has 4 nitrogen and oxygen atoms in total. The van der Waals surface area contributed by atoms with Gasteiger partial charge >= 0.3 is 0 Å². The summed E-state index contributed by atoms with van der Waals surface area (Å²) in [7, 11) is 0. The molecule has 1 heterocycles. The number of rotatable bonds is 1. The zero-order valence-corrected chi connectivity index (χ0v) is 5.10. The Labute approximate surface area is 57.5 Å². The van der Waals surface area contributed by atoms with E-state index in [9.17, 15) is 0 Å². The van der Waals surface area contributed by atoms with Gasteiger partial charge in [0.05, 0.1) is 0 Å². The lowest BCUT2D eigenvalue weighted by Gasteiger charge is -1.92. The van der Waals surface area contributed by atoms with Crippen molar-refractivity contribution in [1.82, 2.24) is 10.2 Å². The molecule has 0 radical (unpaired) electrons. The Balaban J connectivity index is 2.96. The van der Waals surface area contributed by atoms with E-state index in [0.717, 1.165) is 0 Å². The van der Waals surface area contributed by atoms with Gasteiger partial charge in [-0.05, 0) is 12.1 Å². The van der Waals surface area contributed by atoms with Gasteiger partial charge in [-0.3, -0.25) is 0 Å². The Bertz CT molecular complexity index is 233. The van der Waals surface area contributed by atoms with Crippen molar-refractivity contribution in [1.29, 1.82) is 0 Å². The predicted molar refractivity (Wildman–Crippen MR) is 35.3 cm³/mol. The summed E-state index contributed by atoms with van der Waals surface area (Å²) in [5, 5.41) is 24.2. The van der Waals surface area contributed by atoms with Crippen LogP contribution in [-0.2, 0) is 0 Å². The highest BCUT2D eigenvalue weighted by molar-refractivity contribution is 5.51. The number of nitrogens with zero attached hydrogens (tertiary/aromatic N) is 2. The van der Waals surface area contributed by atoms with Crippen LogP contribution in [0.2, 0.25) is 0 Å². The molecule has 1 aromatic rings. The molecule has 0 spiro atoms. The molecule has 0 aliphatic rings. The van der Waals surface area contributed by atoms with Crippen LogP contribution >= 0.6 is 0 Å². The van der Waals surface area contributed by atoms with E-state index in [1.807, 2.05) is 0 Å². The van der Waals surface area contributed by atoms with Crippen molar-refractivity contribution in [2.75, 3.05) is 0 Å². The third kappa shape index (κ3) is 1.22. The van der Waals surface area contributed by atoms with Crippen molar-refractivity contribution in [2.45, 2.75) is 0 Å². The van der Waals surface area contributed by atoms with Gasteiger partial charge in [0.15, 0.2) is 5.76 Å². The van der Waals surface area contributed by atoms with Crippen LogP contribution in [0.1, 0.15) is 5.69 Å². The highest BCUT2D eigenvalue weighted by Gasteiger charge is 1.97. The van der Waals surface area contributed by atoms with Crippen LogP contribution in [0.15, 0.2) is 24.6 Å². The fraction of sp³-hybridized carbons (Fsp3) is 0. The van der Waals surface area contributed by atoms with Crippen molar-refractivity contribution in [3.05, 3.63) is 30.3 Å². The highest BCUT2D eigenvalue weighted by atomic mass is 16.3. The molecule has 0 bridgehead atoms. The topological polar surface area (TPSA) is 66.2 Å². The molecule has 0 amide bonds. The van der Waals surface area contributed by atoms with E-state index in [1.165, 1.54) is 12.3 Å². The molecule has 10 heavy (non-hydrogen) atoms. The summed E-state index contributed by atoms with van der Waals surface area (Å²) in [6.45, 7) is 0. The minimum absolute atomic E-state index is 0.255. The van der Waals surface area contributed by atoms with E-state index in [1.54, 1.807) is 6.07 Å². The minimum atomic E-state index is -0.284. The molecule has 0 aliphatic carbocycles. The van der Waals surface area contributed by atoms with Gasteiger partial charge < -0.3 is 10.2 Å². The summed E-state index contributed by atoms with van der Waals surface area (Å²) >= 11 is 0. The molecule has 0 saturated heterocycles. The predicted octanol–water partition coefficient (Wildman–Crippen LogP) is 0.891. The van der Waals surface area contributed by atoms with Crippen LogP contribution in [0.25, 0.3) is 5.76 Å². The van der Waals surface area contributed by atoms with Gasteiger partial charge in [-0.1, -0.05) is 0 Å². The first-order chi connectivity index (χ1) is 4.84. The Morgan fingerprint density at radius 2 is 2.40 bits per heavy atom. The van der Waals surface area contributed by atoms with Gasteiger partial charge in [0.25, 0.3) is 0 Å². The summed E-state index contributed by atoms with van der Waals surface area (Å²) in [5.41, 5.74) is 0.255. The first-order valence-corrected chi connectivity index (χ1v) is 2.66. The molecule has 0 unspecified atom stereocenters. The highest BCUT2D eigenvalue weighted by Crippen LogP contribution is 2.02. The SMILES string of the molecule is OC=C(O)c1cccnn1. The number of hydrogen-bond acceptors (Lipinski definition) is 4.